The third-order valence-electron chi connectivity index (χ3n) is 2.23. The van der Waals surface area contributed by atoms with Gasteiger partial charge in [0.25, 0.3) is 0 Å². The number of hydrogen-bond acceptors (Lipinski definition) is 6. The zero-order valence-electron chi connectivity index (χ0n) is 10.0. The van der Waals surface area contributed by atoms with Crippen molar-refractivity contribution in [3.8, 4) is 11.5 Å². The quantitative estimate of drug-likeness (QED) is 0.657. The number of phenolic OH excluding ortho intramolecular Hbond substituents is 1. The van der Waals surface area contributed by atoms with Crippen LogP contribution in [-0.4, -0.2) is 23.4 Å². The van der Waals surface area contributed by atoms with Crippen molar-refractivity contribution in [2.75, 3.05) is 12.5 Å². The zero-order valence-corrected chi connectivity index (χ0v) is 10.9. The summed E-state index contributed by atoms with van der Waals surface area (Å²) in [6, 6.07) is 5.22. The normalized spacial score (nSPS) is 10.8. The Labute approximate surface area is 109 Å². The average Bonchev–Trinajstić information content (AvgIpc) is 2.77. The lowest BCUT2D eigenvalue weighted by atomic mass is 10.2. The first-order chi connectivity index (χ1) is 8.70. The average molecular weight is 263 g/mol. The van der Waals surface area contributed by atoms with Gasteiger partial charge in [-0.05, 0) is 19.1 Å². The Kier molecular flexibility index (Phi) is 3.78. The predicted molar refractivity (Wildman–Crippen MR) is 72.7 cm³/mol. The van der Waals surface area contributed by atoms with E-state index >= 15 is 0 Å². The van der Waals surface area contributed by atoms with Crippen molar-refractivity contribution in [3.05, 3.63) is 34.8 Å². The lowest BCUT2D eigenvalue weighted by molar-refractivity contribution is 0.373. The van der Waals surface area contributed by atoms with Crippen molar-refractivity contribution in [3.63, 3.8) is 0 Å². The van der Waals surface area contributed by atoms with Crippen LogP contribution in [0.4, 0.5) is 5.13 Å². The smallest absolute Gasteiger partial charge is 0.203 e. The van der Waals surface area contributed by atoms with Crippen LogP contribution in [0.3, 0.4) is 0 Å². The molecule has 6 heteroatoms. The van der Waals surface area contributed by atoms with Gasteiger partial charge in [0.2, 0.25) is 5.13 Å². The molecule has 0 spiro atoms. The molecule has 0 aliphatic rings. The number of hydrazone groups is 1. The number of aromatic nitrogens is 1. The van der Waals surface area contributed by atoms with E-state index in [0.29, 0.717) is 16.4 Å². The number of para-hydroxylation sites is 1. The van der Waals surface area contributed by atoms with Crippen LogP contribution >= 0.6 is 11.3 Å². The highest BCUT2D eigenvalue weighted by Crippen LogP contribution is 2.28. The number of ether oxygens (including phenoxy) is 1. The first kappa shape index (κ1) is 12.4. The van der Waals surface area contributed by atoms with Crippen LogP contribution in [0, 0.1) is 6.92 Å². The summed E-state index contributed by atoms with van der Waals surface area (Å²) in [7, 11) is 1.51. The molecule has 0 amide bonds. The van der Waals surface area contributed by atoms with Crippen LogP contribution in [-0.2, 0) is 0 Å². The summed E-state index contributed by atoms with van der Waals surface area (Å²) in [5.74, 6) is 0.491. The number of hydrogen-bond donors (Lipinski definition) is 2. The Hall–Kier alpha value is -2.08. The molecule has 0 saturated carbocycles. The van der Waals surface area contributed by atoms with Gasteiger partial charge in [0.15, 0.2) is 11.5 Å². The highest BCUT2D eigenvalue weighted by atomic mass is 32.1. The first-order valence-corrected chi connectivity index (χ1v) is 6.16. The van der Waals surface area contributed by atoms with E-state index in [-0.39, 0.29) is 5.75 Å². The van der Waals surface area contributed by atoms with Gasteiger partial charge in [0.05, 0.1) is 19.0 Å². The molecule has 18 heavy (non-hydrogen) atoms. The fourth-order valence-corrected chi connectivity index (χ4v) is 2.01. The van der Waals surface area contributed by atoms with Crippen molar-refractivity contribution in [1.82, 2.24) is 4.98 Å². The minimum absolute atomic E-state index is 0.0702. The Morgan fingerprint density at radius 1 is 1.50 bits per heavy atom. The summed E-state index contributed by atoms with van der Waals surface area (Å²) >= 11 is 1.47. The molecule has 2 aromatic rings. The number of aromatic hydroxyl groups is 1. The molecule has 1 aromatic carbocycles. The number of rotatable bonds is 4. The summed E-state index contributed by atoms with van der Waals surface area (Å²) in [6.07, 6.45) is 1.52. The number of benzene rings is 1. The van der Waals surface area contributed by atoms with Crippen LogP contribution in [0.1, 0.15) is 11.3 Å². The predicted octanol–water partition coefficient (Wildman–Crippen LogP) is 2.61. The number of nitrogens with zero attached hydrogens (tertiary/aromatic N) is 2. The molecule has 0 saturated heterocycles. The van der Waals surface area contributed by atoms with E-state index in [9.17, 15) is 5.11 Å². The molecule has 0 aliphatic carbocycles. The maximum atomic E-state index is 9.83. The molecule has 0 bridgehead atoms. The molecule has 0 fully saturated rings. The van der Waals surface area contributed by atoms with Crippen LogP contribution in [0.5, 0.6) is 11.5 Å². The van der Waals surface area contributed by atoms with Crippen LogP contribution < -0.4 is 10.2 Å². The third kappa shape index (κ3) is 2.78. The van der Waals surface area contributed by atoms with E-state index in [4.69, 9.17) is 4.74 Å². The van der Waals surface area contributed by atoms with Crippen molar-refractivity contribution in [2.24, 2.45) is 5.10 Å². The van der Waals surface area contributed by atoms with E-state index in [1.807, 2.05) is 12.3 Å². The van der Waals surface area contributed by atoms with Crippen LogP contribution in [0.15, 0.2) is 28.7 Å². The van der Waals surface area contributed by atoms with E-state index in [1.54, 1.807) is 18.2 Å². The fraction of sp³-hybridized carbons (Fsp3) is 0.167. The van der Waals surface area contributed by atoms with Gasteiger partial charge in [-0.2, -0.15) is 5.10 Å². The van der Waals surface area contributed by atoms with Gasteiger partial charge in [-0.25, -0.2) is 4.98 Å². The largest absolute Gasteiger partial charge is 0.504 e. The summed E-state index contributed by atoms with van der Waals surface area (Å²) < 4.78 is 5.01. The number of anilines is 1. The summed E-state index contributed by atoms with van der Waals surface area (Å²) in [5.41, 5.74) is 4.33. The second-order valence-corrected chi connectivity index (χ2v) is 4.42. The molecule has 2 rings (SSSR count). The number of aryl methyl sites for hydroxylation is 1. The molecule has 0 aliphatic heterocycles. The van der Waals surface area contributed by atoms with Crippen LogP contribution in [0.2, 0.25) is 0 Å². The van der Waals surface area contributed by atoms with Gasteiger partial charge in [0, 0.05) is 10.9 Å². The summed E-state index contributed by atoms with van der Waals surface area (Å²) in [4.78, 5) is 4.20. The van der Waals surface area contributed by atoms with Gasteiger partial charge >= 0.3 is 0 Å². The summed E-state index contributed by atoms with van der Waals surface area (Å²) in [5, 5.41) is 16.5. The highest BCUT2D eigenvalue weighted by molar-refractivity contribution is 7.13. The molecular weight excluding hydrogens is 250 g/mol. The van der Waals surface area contributed by atoms with E-state index in [2.05, 4.69) is 15.5 Å². The Bertz CT molecular complexity index is 566. The van der Waals surface area contributed by atoms with Gasteiger partial charge in [-0.15, -0.1) is 11.3 Å². The molecule has 5 nitrogen and oxygen atoms in total. The van der Waals surface area contributed by atoms with Crippen LogP contribution in [0.25, 0.3) is 0 Å². The standard InChI is InChI=1S/C12H13N3O2S/c1-8-7-18-12(14-8)15-13-6-9-4-3-5-10(17-2)11(9)16/h3-7,16H,1-2H3,(H,14,15). The monoisotopic (exact) mass is 263 g/mol. The minimum atomic E-state index is 0.0702. The fourth-order valence-electron chi connectivity index (χ4n) is 1.37. The maximum absolute atomic E-state index is 9.83. The number of nitrogens with one attached hydrogen (secondary N) is 1. The molecule has 0 radical (unpaired) electrons. The summed E-state index contributed by atoms with van der Waals surface area (Å²) in [6.45, 7) is 1.92. The second-order valence-electron chi connectivity index (χ2n) is 3.56. The lowest BCUT2D eigenvalue weighted by Crippen LogP contribution is -1.92. The molecule has 1 heterocycles. The van der Waals surface area contributed by atoms with Gasteiger partial charge in [-0.1, -0.05) is 6.07 Å². The zero-order chi connectivity index (χ0) is 13.0. The molecule has 94 valence electrons. The van der Waals surface area contributed by atoms with Gasteiger partial charge in [-0.3, -0.25) is 5.43 Å². The SMILES string of the molecule is COc1cccc(C=NNc2nc(C)cs2)c1O. The number of methoxy groups -OCH3 is 1. The molecule has 1 aromatic heterocycles. The minimum Gasteiger partial charge on any atom is -0.504 e. The topological polar surface area (TPSA) is 66.7 Å². The molecule has 0 unspecified atom stereocenters. The second kappa shape index (κ2) is 5.50. The van der Waals surface area contributed by atoms with E-state index in [0.717, 1.165) is 5.69 Å². The van der Waals surface area contributed by atoms with Crippen molar-refractivity contribution in [1.29, 1.82) is 0 Å². The lowest BCUT2D eigenvalue weighted by Gasteiger charge is -2.04. The number of thiazole rings is 1. The van der Waals surface area contributed by atoms with E-state index < -0.39 is 0 Å². The molecular formula is C12H13N3O2S. The number of phenols is 1. The molecule has 2 N–H and O–H groups in total. The van der Waals surface area contributed by atoms with Gasteiger partial charge in [0.1, 0.15) is 0 Å². The Morgan fingerprint density at radius 2 is 2.33 bits per heavy atom. The first-order valence-electron chi connectivity index (χ1n) is 5.28. The van der Waals surface area contributed by atoms with Crippen molar-refractivity contribution < 1.29 is 9.84 Å². The third-order valence-corrected chi connectivity index (χ3v) is 3.10. The van der Waals surface area contributed by atoms with E-state index in [1.165, 1.54) is 24.7 Å². The Balaban J connectivity index is 2.09. The Morgan fingerprint density at radius 3 is 3.00 bits per heavy atom. The van der Waals surface area contributed by atoms with Crippen molar-refractivity contribution in [2.45, 2.75) is 6.92 Å². The molecule has 0 atom stereocenters. The maximum Gasteiger partial charge on any atom is 0.203 e. The van der Waals surface area contributed by atoms with Gasteiger partial charge < -0.3 is 9.84 Å². The highest BCUT2D eigenvalue weighted by Gasteiger charge is 2.04. The van der Waals surface area contributed by atoms with Crippen molar-refractivity contribution >= 4 is 22.7 Å².